The van der Waals surface area contributed by atoms with Crippen LogP contribution in [0.25, 0.3) is 11.1 Å². The zero-order valence-electron chi connectivity index (χ0n) is 17.4. The van der Waals surface area contributed by atoms with Gasteiger partial charge in [-0.05, 0) is 65.6 Å². The molecule has 5 nitrogen and oxygen atoms in total. The summed E-state index contributed by atoms with van der Waals surface area (Å²) in [5.41, 5.74) is 6.50. The van der Waals surface area contributed by atoms with E-state index >= 15 is 0 Å². The Balaban J connectivity index is 1.43. The van der Waals surface area contributed by atoms with E-state index in [9.17, 15) is 9.59 Å². The van der Waals surface area contributed by atoms with E-state index < -0.39 is 11.9 Å². The van der Waals surface area contributed by atoms with Gasteiger partial charge in [-0.2, -0.15) is 0 Å². The number of fused-ring (bicyclic) bond motifs is 3. The van der Waals surface area contributed by atoms with Gasteiger partial charge in [0, 0.05) is 12.0 Å². The van der Waals surface area contributed by atoms with Gasteiger partial charge in [0.15, 0.2) is 0 Å². The third-order valence-corrected chi connectivity index (χ3v) is 5.35. The number of carbonyl (C=O) groups is 2. The largest absolute Gasteiger partial charge is 0.457 e. The van der Waals surface area contributed by atoms with Crippen LogP contribution < -0.4 is 9.47 Å². The Morgan fingerprint density at radius 2 is 1.58 bits per heavy atom. The topological polar surface area (TPSA) is 61.8 Å². The fourth-order valence-electron chi connectivity index (χ4n) is 3.73. The Bertz CT molecular complexity index is 1160. The zero-order valence-corrected chi connectivity index (χ0v) is 17.4. The van der Waals surface area contributed by atoms with Crippen LogP contribution in [0.1, 0.15) is 39.9 Å². The van der Waals surface area contributed by atoms with E-state index in [1.165, 1.54) is 22.3 Å². The number of benzene rings is 3. The van der Waals surface area contributed by atoms with Crippen LogP contribution in [0.2, 0.25) is 0 Å². The summed E-state index contributed by atoms with van der Waals surface area (Å²) >= 11 is 0. The Morgan fingerprint density at radius 1 is 0.935 bits per heavy atom. The van der Waals surface area contributed by atoms with Gasteiger partial charge in [0.05, 0.1) is 5.56 Å². The summed E-state index contributed by atoms with van der Waals surface area (Å²) in [6, 6.07) is 18.7. The molecule has 0 saturated carbocycles. The van der Waals surface area contributed by atoms with Crippen LogP contribution in [0.15, 0.2) is 73.3 Å². The normalized spacial score (nSPS) is 13.7. The molecule has 0 saturated heterocycles. The van der Waals surface area contributed by atoms with Crippen LogP contribution in [0.4, 0.5) is 0 Å². The first-order valence-corrected chi connectivity index (χ1v) is 9.95. The molecule has 0 radical (unpaired) electrons. The molecule has 3 aromatic rings. The van der Waals surface area contributed by atoms with Gasteiger partial charge in [-0.1, -0.05) is 43.3 Å². The van der Waals surface area contributed by atoms with E-state index in [2.05, 4.69) is 38.6 Å². The average Bonchev–Trinajstić information content (AvgIpc) is 3.05. The number of rotatable bonds is 6. The molecule has 0 fully saturated rings. The van der Waals surface area contributed by atoms with Crippen LogP contribution in [-0.4, -0.2) is 18.7 Å². The predicted octanol–water partition coefficient (Wildman–Crippen LogP) is 5.41. The molecule has 0 bridgehead atoms. The van der Waals surface area contributed by atoms with Crippen molar-refractivity contribution in [3.05, 3.63) is 95.6 Å². The second-order valence-electron chi connectivity index (χ2n) is 7.41. The molecule has 1 atom stereocenters. The molecule has 1 aliphatic carbocycles. The van der Waals surface area contributed by atoms with Crippen molar-refractivity contribution in [3.8, 4) is 22.6 Å². The molecule has 0 amide bonds. The lowest BCUT2D eigenvalue weighted by atomic mass is 9.98. The minimum atomic E-state index is -0.568. The fraction of sp³-hybridized carbons (Fsp3) is 0.154. The van der Waals surface area contributed by atoms with Gasteiger partial charge in [0.2, 0.25) is 6.79 Å². The van der Waals surface area contributed by atoms with Gasteiger partial charge in [0.1, 0.15) is 11.5 Å². The third kappa shape index (κ3) is 4.21. The highest BCUT2D eigenvalue weighted by Crippen LogP contribution is 2.46. The van der Waals surface area contributed by atoms with Gasteiger partial charge >= 0.3 is 11.9 Å². The molecule has 0 spiro atoms. The molecule has 156 valence electrons. The molecule has 0 aromatic heterocycles. The van der Waals surface area contributed by atoms with Crippen molar-refractivity contribution in [3.63, 3.8) is 0 Å². The monoisotopic (exact) mass is 414 g/mol. The Labute approximate surface area is 180 Å². The highest BCUT2D eigenvalue weighted by atomic mass is 16.7. The van der Waals surface area contributed by atoms with Crippen LogP contribution >= 0.6 is 0 Å². The molecule has 4 rings (SSSR count). The van der Waals surface area contributed by atoms with Crippen LogP contribution in [0, 0.1) is 6.92 Å². The summed E-state index contributed by atoms with van der Waals surface area (Å²) in [6.07, 6.45) is 1.06. The molecule has 1 unspecified atom stereocenters. The number of ether oxygens (including phenoxy) is 3. The molecule has 0 N–H and O–H groups in total. The minimum absolute atomic E-state index is 0.232. The molecule has 1 aliphatic rings. The highest BCUT2D eigenvalue weighted by molar-refractivity contribution is 5.91. The number of esters is 2. The van der Waals surface area contributed by atoms with Crippen LogP contribution in [-0.2, 0) is 9.53 Å². The average molecular weight is 414 g/mol. The first-order valence-electron chi connectivity index (χ1n) is 9.95. The molecule has 0 aliphatic heterocycles. The lowest BCUT2D eigenvalue weighted by Gasteiger charge is -2.10. The van der Waals surface area contributed by atoms with E-state index in [1.54, 1.807) is 24.3 Å². The van der Waals surface area contributed by atoms with Gasteiger partial charge in [0.25, 0.3) is 0 Å². The molecule has 31 heavy (non-hydrogen) atoms. The summed E-state index contributed by atoms with van der Waals surface area (Å²) in [5.74, 6) is 0.200. The van der Waals surface area contributed by atoms with Crippen molar-refractivity contribution in [1.29, 1.82) is 0 Å². The Morgan fingerprint density at radius 3 is 2.29 bits per heavy atom. The summed E-state index contributed by atoms with van der Waals surface area (Å²) in [6.45, 7) is 7.33. The van der Waals surface area contributed by atoms with E-state index in [1.807, 2.05) is 18.2 Å². The van der Waals surface area contributed by atoms with E-state index in [0.717, 1.165) is 11.6 Å². The van der Waals surface area contributed by atoms with Crippen molar-refractivity contribution in [2.75, 3.05) is 6.79 Å². The van der Waals surface area contributed by atoms with Crippen molar-refractivity contribution in [2.45, 2.75) is 19.8 Å². The van der Waals surface area contributed by atoms with E-state index in [-0.39, 0.29) is 12.7 Å². The van der Waals surface area contributed by atoms with Crippen molar-refractivity contribution < 1.29 is 23.8 Å². The maximum absolute atomic E-state index is 12.6. The summed E-state index contributed by atoms with van der Waals surface area (Å²) in [4.78, 5) is 23.6. The lowest BCUT2D eigenvalue weighted by molar-refractivity contribution is -0.144. The minimum Gasteiger partial charge on any atom is -0.457 e. The van der Waals surface area contributed by atoms with Crippen molar-refractivity contribution >= 4 is 11.9 Å². The maximum Gasteiger partial charge on any atom is 0.343 e. The standard InChI is InChI=1S/C26H22O5/c1-4-25(27)30-15-29-19-8-6-18(7-9-19)26(28)31-20-10-12-22-21-11-5-16(2)13-23(21)17(3)24(22)14-20/h4-14,17H,1,15H2,2-3H3. The number of carbonyl (C=O) groups excluding carboxylic acids is 2. The van der Waals surface area contributed by atoms with E-state index in [0.29, 0.717) is 17.1 Å². The smallest absolute Gasteiger partial charge is 0.343 e. The van der Waals surface area contributed by atoms with Gasteiger partial charge in [-0.25, -0.2) is 9.59 Å². The third-order valence-electron chi connectivity index (χ3n) is 5.35. The Kier molecular flexibility index (Phi) is 5.58. The predicted molar refractivity (Wildman–Crippen MR) is 117 cm³/mol. The maximum atomic E-state index is 12.6. The molecule has 3 aromatic carbocycles. The van der Waals surface area contributed by atoms with Crippen LogP contribution in [0.5, 0.6) is 11.5 Å². The zero-order chi connectivity index (χ0) is 22.0. The molecule has 0 heterocycles. The number of hydrogen-bond acceptors (Lipinski definition) is 5. The first-order chi connectivity index (χ1) is 15.0. The second kappa shape index (κ2) is 8.48. The molecule has 5 heteroatoms. The number of hydrogen-bond donors (Lipinski definition) is 0. The number of aryl methyl sites for hydroxylation is 1. The van der Waals surface area contributed by atoms with Gasteiger partial charge in [-0.15, -0.1) is 0 Å². The van der Waals surface area contributed by atoms with E-state index in [4.69, 9.17) is 14.2 Å². The summed E-state index contributed by atoms with van der Waals surface area (Å²) in [7, 11) is 0. The highest BCUT2D eigenvalue weighted by Gasteiger charge is 2.26. The molecular weight excluding hydrogens is 392 g/mol. The summed E-state index contributed by atoms with van der Waals surface area (Å²) < 4.78 is 15.6. The summed E-state index contributed by atoms with van der Waals surface area (Å²) in [5, 5.41) is 0. The quantitative estimate of drug-likeness (QED) is 0.234. The van der Waals surface area contributed by atoms with Gasteiger partial charge < -0.3 is 14.2 Å². The second-order valence-corrected chi connectivity index (χ2v) is 7.41. The van der Waals surface area contributed by atoms with Crippen molar-refractivity contribution in [2.24, 2.45) is 0 Å². The fourth-order valence-corrected chi connectivity index (χ4v) is 3.73. The van der Waals surface area contributed by atoms with Crippen LogP contribution in [0.3, 0.4) is 0 Å². The Hall–Kier alpha value is -3.86. The lowest BCUT2D eigenvalue weighted by Crippen LogP contribution is -2.10. The van der Waals surface area contributed by atoms with Gasteiger partial charge in [-0.3, -0.25) is 0 Å². The first kappa shape index (κ1) is 20.4. The van der Waals surface area contributed by atoms with Crippen molar-refractivity contribution in [1.82, 2.24) is 0 Å². The SMILES string of the molecule is C=CC(=O)OCOc1ccc(C(=O)Oc2ccc3c(c2)C(C)c2cc(C)ccc2-3)cc1. The molecular formula is C26H22O5.